The summed E-state index contributed by atoms with van der Waals surface area (Å²) in [6, 6.07) is 13.0. The van der Waals surface area contributed by atoms with Crippen LogP contribution in [0.1, 0.15) is 73.4 Å². The Morgan fingerprint density at radius 3 is 2.65 bits per heavy atom. The first kappa shape index (κ1) is 35.4. The Morgan fingerprint density at radius 1 is 1.08 bits per heavy atom. The van der Waals surface area contributed by atoms with E-state index in [4.69, 9.17) is 21.1 Å². The average molecular weight is 708 g/mol. The number of anilines is 1. The second kappa shape index (κ2) is 15.6. The summed E-state index contributed by atoms with van der Waals surface area (Å²) in [6.45, 7) is 3.86. The number of hydrogen-bond acceptors (Lipinski definition) is 9. The van der Waals surface area contributed by atoms with Crippen LogP contribution in [0, 0.1) is 23.7 Å². The lowest BCUT2D eigenvalue weighted by Gasteiger charge is -2.43. The highest BCUT2D eigenvalue weighted by atomic mass is 35.5. The molecule has 2 aliphatic carbocycles. The van der Waals surface area contributed by atoms with Crippen molar-refractivity contribution in [2.45, 2.75) is 81.4 Å². The Labute approximate surface area is 294 Å². The quantitative estimate of drug-likeness (QED) is 0.152. The van der Waals surface area contributed by atoms with E-state index in [1.54, 1.807) is 12.1 Å². The molecule has 3 aliphatic rings. The molecule has 0 radical (unpaired) electrons. The van der Waals surface area contributed by atoms with E-state index >= 15 is 0 Å². The predicted octanol–water partition coefficient (Wildman–Crippen LogP) is 6.86. The molecule has 0 unspecified atom stereocenters. The topological polar surface area (TPSA) is 119 Å². The third-order valence-electron chi connectivity index (χ3n) is 10.8. The van der Waals surface area contributed by atoms with Crippen molar-refractivity contribution in [3.8, 4) is 5.75 Å². The SMILES string of the molecule is COC(=O)c1ccc2c(c1)N(C[C@H]1CC[C@H]1[C@H](O)/C=C\[C@@H]1CCC[C@@H](S(=O)(=O)c3ncccn3)[C@H]1C)CCCCc1cc(Cl)ccc1CO2. The molecule has 11 heteroatoms. The van der Waals surface area contributed by atoms with E-state index in [0.717, 1.165) is 62.7 Å². The number of sulfone groups is 1. The van der Waals surface area contributed by atoms with Crippen molar-refractivity contribution in [3.63, 3.8) is 0 Å². The Morgan fingerprint density at radius 2 is 1.90 bits per heavy atom. The van der Waals surface area contributed by atoms with E-state index in [1.807, 2.05) is 49.4 Å². The van der Waals surface area contributed by atoms with Crippen LogP contribution >= 0.6 is 11.6 Å². The predicted molar refractivity (Wildman–Crippen MR) is 190 cm³/mol. The van der Waals surface area contributed by atoms with Crippen molar-refractivity contribution in [2.24, 2.45) is 23.7 Å². The van der Waals surface area contributed by atoms with E-state index in [0.29, 0.717) is 35.9 Å². The molecule has 49 heavy (non-hydrogen) atoms. The number of carbonyl (C=O) groups excluding carboxylic acids is 1. The third kappa shape index (κ3) is 7.97. The van der Waals surface area contributed by atoms with Gasteiger partial charge in [-0.2, -0.15) is 0 Å². The normalized spacial score (nSPS) is 25.2. The number of methoxy groups -OCH3 is 1. The molecule has 0 spiro atoms. The summed E-state index contributed by atoms with van der Waals surface area (Å²) in [5, 5.41) is 11.5. The molecule has 2 saturated carbocycles. The van der Waals surface area contributed by atoms with Gasteiger partial charge in [0.25, 0.3) is 0 Å². The molecular weight excluding hydrogens is 662 g/mol. The zero-order valence-corrected chi connectivity index (χ0v) is 29.8. The number of carbonyl (C=O) groups is 1. The maximum atomic E-state index is 13.4. The summed E-state index contributed by atoms with van der Waals surface area (Å²) >= 11 is 6.33. The zero-order valence-electron chi connectivity index (χ0n) is 28.2. The number of aryl methyl sites for hydroxylation is 1. The van der Waals surface area contributed by atoms with Crippen molar-refractivity contribution >= 4 is 33.1 Å². The highest BCUT2D eigenvalue weighted by molar-refractivity contribution is 7.91. The van der Waals surface area contributed by atoms with Gasteiger partial charge in [0, 0.05) is 30.5 Å². The number of allylic oxidation sites excluding steroid dienone is 1. The van der Waals surface area contributed by atoms with Gasteiger partial charge in [-0.15, -0.1) is 0 Å². The molecule has 6 atom stereocenters. The fourth-order valence-electron chi connectivity index (χ4n) is 7.77. The first-order valence-corrected chi connectivity index (χ1v) is 19.3. The minimum Gasteiger partial charge on any atom is -0.487 e. The maximum absolute atomic E-state index is 13.4. The van der Waals surface area contributed by atoms with Crippen LogP contribution in [0.3, 0.4) is 0 Å². The third-order valence-corrected chi connectivity index (χ3v) is 13.2. The summed E-state index contributed by atoms with van der Waals surface area (Å²) < 4.78 is 38.2. The zero-order chi connectivity index (χ0) is 34.5. The molecule has 3 aromatic rings. The number of rotatable bonds is 8. The van der Waals surface area contributed by atoms with Gasteiger partial charge in [0.05, 0.1) is 29.7 Å². The van der Waals surface area contributed by atoms with Gasteiger partial charge in [-0.05, 0) is 116 Å². The van der Waals surface area contributed by atoms with Crippen LogP contribution in [0.15, 0.2) is 72.2 Å². The highest BCUT2D eigenvalue weighted by Gasteiger charge is 2.41. The van der Waals surface area contributed by atoms with Crippen molar-refractivity contribution in [3.05, 3.63) is 88.7 Å². The molecule has 0 amide bonds. The van der Waals surface area contributed by atoms with Crippen molar-refractivity contribution in [2.75, 3.05) is 25.1 Å². The van der Waals surface area contributed by atoms with Crippen LogP contribution in [0.2, 0.25) is 5.02 Å². The largest absolute Gasteiger partial charge is 0.487 e. The van der Waals surface area contributed by atoms with Crippen LogP contribution < -0.4 is 9.64 Å². The van der Waals surface area contributed by atoms with Gasteiger partial charge in [0.15, 0.2) is 0 Å². The minimum absolute atomic E-state index is 0.0381. The van der Waals surface area contributed by atoms with Gasteiger partial charge in [-0.3, -0.25) is 0 Å². The van der Waals surface area contributed by atoms with Gasteiger partial charge >= 0.3 is 5.97 Å². The van der Waals surface area contributed by atoms with Crippen molar-refractivity contribution in [1.29, 1.82) is 0 Å². The fourth-order valence-corrected chi connectivity index (χ4v) is 9.89. The van der Waals surface area contributed by atoms with Gasteiger partial charge in [0.1, 0.15) is 12.4 Å². The number of aromatic nitrogens is 2. The number of esters is 1. The molecule has 0 saturated heterocycles. The molecule has 1 aromatic heterocycles. The van der Waals surface area contributed by atoms with Crippen LogP contribution in [0.4, 0.5) is 5.69 Å². The second-order valence-corrected chi connectivity index (χ2v) is 16.2. The number of nitrogens with zero attached hydrogens (tertiary/aromatic N) is 3. The molecule has 262 valence electrons. The lowest BCUT2D eigenvalue weighted by atomic mass is 9.69. The van der Waals surface area contributed by atoms with E-state index in [9.17, 15) is 18.3 Å². The number of halogens is 1. The van der Waals surface area contributed by atoms with E-state index in [1.165, 1.54) is 25.1 Å². The van der Waals surface area contributed by atoms with Crippen molar-refractivity contribution in [1.82, 2.24) is 9.97 Å². The van der Waals surface area contributed by atoms with Crippen LogP contribution in [-0.2, 0) is 27.6 Å². The molecule has 2 fully saturated rings. The molecule has 2 aromatic carbocycles. The van der Waals surface area contributed by atoms with E-state index in [2.05, 4.69) is 14.9 Å². The first-order valence-electron chi connectivity index (χ1n) is 17.4. The molecule has 9 nitrogen and oxygen atoms in total. The number of hydrogen-bond donors (Lipinski definition) is 1. The molecule has 1 aliphatic heterocycles. The number of aliphatic hydroxyl groups excluding tert-OH is 1. The number of fused-ring (bicyclic) bond motifs is 2. The summed E-state index contributed by atoms with van der Waals surface area (Å²) in [6.07, 6.45) is 13.2. The molecule has 1 N–H and O–H groups in total. The standard InChI is InChI=1S/C38H46ClN3O6S/c1-25-26(8-5-9-36(25)49(45,46)38-40-18-6-19-41-38)12-16-34(43)32-15-11-29(32)23-42-20-4-3-7-27-21-31(39)14-10-30(27)24-48-35-17-13-28(22-33(35)42)37(44)47-2/h6,10,12-14,16-19,21-22,25-26,29,32,34,36,43H,3-5,7-9,11,15,20,23-24H2,1-2H3/b16-12-/t25-,26-,29+,32+,34+,36+/m0/s1. The Balaban J connectivity index is 1.17. The van der Waals surface area contributed by atoms with E-state index < -0.39 is 27.2 Å². The van der Waals surface area contributed by atoms with Crippen LogP contribution in [0.5, 0.6) is 5.75 Å². The van der Waals surface area contributed by atoms with Gasteiger partial charge in [0.2, 0.25) is 15.0 Å². The fraction of sp³-hybridized carbons (Fsp3) is 0.500. The van der Waals surface area contributed by atoms with Crippen LogP contribution in [0.25, 0.3) is 0 Å². The average Bonchev–Trinajstić information content (AvgIpc) is 3.12. The second-order valence-electron chi connectivity index (χ2n) is 13.7. The number of aliphatic hydroxyl groups is 1. The Bertz CT molecular complexity index is 1750. The van der Waals surface area contributed by atoms with Gasteiger partial charge in [-0.1, -0.05) is 43.2 Å². The summed E-state index contributed by atoms with van der Waals surface area (Å²) in [5.74, 6) is 0.527. The lowest BCUT2D eigenvalue weighted by molar-refractivity contribution is 0.0457. The number of benzene rings is 2. The van der Waals surface area contributed by atoms with Crippen molar-refractivity contribution < 1.29 is 27.8 Å². The Kier molecular flexibility index (Phi) is 11.3. The number of ether oxygens (including phenoxy) is 2. The first-order chi connectivity index (χ1) is 23.7. The van der Waals surface area contributed by atoms with Gasteiger partial charge in [-0.25, -0.2) is 23.2 Å². The molecule has 0 bridgehead atoms. The highest BCUT2D eigenvalue weighted by Crippen LogP contribution is 2.42. The van der Waals surface area contributed by atoms with Crippen LogP contribution in [-0.4, -0.2) is 61.0 Å². The molecular formula is C38H46ClN3O6S. The lowest BCUT2D eigenvalue weighted by Crippen LogP contribution is -2.43. The summed E-state index contributed by atoms with van der Waals surface area (Å²) in [7, 11) is -2.27. The molecule has 6 rings (SSSR count). The Hall–Kier alpha value is -3.47. The van der Waals surface area contributed by atoms with Gasteiger partial charge < -0.3 is 19.5 Å². The smallest absolute Gasteiger partial charge is 0.337 e. The monoisotopic (exact) mass is 707 g/mol. The maximum Gasteiger partial charge on any atom is 0.337 e. The van der Waals surface area contributed by atoms with E-state index in [-0.39, 0.29) is 28.8 Å². The molecule has 2 heterocycles. The summed E-state index contributed by atoms with van der Waals surface area (Å²) in [5.41, 5.74) is 3.60. The summed E-state index contributed by atoms with van der Waals surface area (Å²) in [4.78, 5) is 22.9. The minimum atomic E-state index is -3.65.